The summed E-state index contributed by atoms with van der Waals surface area (Å²) in [6, 6.07) is 10.0. The Hall–Kier alpha value is -2.51. The van der Waals surface area contributed by atoms with E-state index in [1.165, 1.54) is 0 Å². The fourth-order valence-electron chi connectivity index (χ4n) is 2.96. The van der Waals surface area contributed by atoms with Crippen molar-refractivity contribution in [1.29, 1.82) is 0 Å². The van der Waals surface area contributed by atoms with E-state index in [4.69, 9.17) is 22.1 Å². The molecule has 0 atom stereocenters. The summed E-state index contributed by atoms with van der Waals surface area (Å²) < 4.78 is 5.41. The van der Waals surface area contributed by atoms with E-state index in [9.17, 15) is 0 Å². The molecule has 1 fully saturated rings. The predicted octanol–water partition coefficient (Wildman–Crippen LogP) is 2.08. The van der Waals surface area contributed by atoms with Crippen molar-refractivity contribution in [2.75, 3.05) is 36.9 Å². The van der Waals surface area contributed by atoms with Crippen molar-refractivity contribution in [2.24, 2.45) is 0 Å². The molecular formula is C17H17ClN6O. The normalized spacial score (nSPS) is 14.8. The molecular weight excluding hydrogens is 340 g/mol. The van der Waals surface area contributed by atoms with Gasteiger partial charge in [-0.15, -0.1) is 0 Å². The minimum atomic E-state index is 0.177. The van der Waals surface area contributed by atoms with E-state index in [1.54, 1.807) is 0 Å². The van der Waals surface area contributed by atoms with E-state index >= 15 is 0 Å². The highest BCUT2D eigenvalue weighted by atomic mass is 35.5. The fraction of sp³-hybridized carbons (Fsp3) is 0.294. The fourth-order valence-corrected chi connectivity index (χ4v) is 3.12. The van der Waals surface area contributed by atoms with Crippen LogP contribution in [0.15, 0.2) is 30.3 Å². The van der Waals surface area contributed by atoms with Gasteiger partial charge in [0.05, 0.1) is 18.9 Å². The van der Waals surface area contributed by atoms with Crippen molar-refractivity contribution in [2.45, 2.75) is 6.42 Å². The molecule has 2 aromatic heterocycles. The quantitative estimate of drug-likeness (QED) is 0.718. The molecule has 1 saturated heterocycles. The minimum absolute atomic E-state index is 0.177. The molecule has 1 aromatic carbocycles. The third-order valence-electron chi connectivity index (χ3n) is 4.11. The van der Waals surface area contributed by atoms with Gasteiger partial charge in [-0.25, -0.2) is 15.0 Å². The Balaban J connectivity index is 1.85. The van der Waals surface area contributed by atoms with Crippen LogP contribution < -0.4 is 10.6 Å². The smallest absolute Gasteiger partial charge is 0.225 e. The van der Waals surface area contributed by atoms with Gasteiger partial charge in [0.2, 0.25) is 11.2 Å². The monoisotopic (exact) mass is 356 g/mol. The molecule has 25 heavy (non-hydrogen) atoms. The van der Waals surface area contributed by atoms with Gasteiger partial charge in [0.15, 0.2) is 5.82 Å². The summed E-state index contributed by atoms with van der Waals surface area (Å²) in [5.41, 5.74) is 9.09. The Morgan fingerprint density at radius 3 is 2.52 bits per heavy atom. The second-order valence-corrected chi connectivity index (χ2v) is 6.14. The van der Waals surface area contributed by atoms with Crippen LogP contribution in [0.4, 0.5) is 11.8 Å². The maximum absolute atomic E-state index is 6.19. The molecule has 0 bridgehead atoms. The van der Waals surface area contributed by atoms with E-state index in [-0.39, 0.29) is 11.2 Å². The Labute approximate surface area is 149 Å². The van der Waals surface area contributed by atoms with Crippen molar-refractivity contribution in [3.05, 3.63) is 46.9 Å². The number of nitrogens with two attached hydrogens (primary N) is 1. The van der Waals surface area contributed by atoms with Gasteiger partial charge in [-0.3, -0.25) is 0 Å². The third-order valence-corrected chi connectivity index (χ3v) is 4.28. The van der Waals surface area contributed by atoms with Crippen LogP contribution >= 0.6 is 11.6 Å². The molecule has 0 aliphatic carbocycles. The van der Waals surface area contributed by atoms with Gasteiger partial charge in [0, 0.05) is 19.5 Å². The maximum atomic E-state index is 6.19. The largest absolute Gasteiger partial charge is 0.378 e. The number of fused-ring (bicyclic) bond motifs is 1. The van der Waals surface area contributed by atoms with Crippen LogP contribution in [-0.2, 0) is 11.2 Å². The van der Waals surface area contributed by atoms with Crippen LogP contribution in [0.1, 0.15) is 11.3 Å². The van der Waals surface area contributed by atoms with Crippen LogP contribution in [0, 0.1) is 0 Å². The van der Waals surface area contributed by atoms with Crippen molar-refractivity contribution in [1.82, 2.24) is 19.9 Å². The van der Waals surface area contributed by atoms with Gasteiger partial charge in [-0.2, -0.15) is 4.98 Å². The molecule has 3 heterocycles. The van der Waals surface area contributed by atoms with E-state index in [0.717, 1.165) is 24.3 Å². The van der Waals surface area contributed by atoms with Gasteiger partial charge in [-0.05, 0) is 17.2 Å². The van der Waals surface area contributed by atoms with Crippen LogP contribution in [-0.4, -0.2) is 46.2 Å². The first-order valence-corrected chi connectivity index (χ1v) is 8.45. The van der Waals surface area contributed by atoms with Gasteiger partial charge in [0.25, 0.3) is 0 Å². The third kappa shape index (κ3) is 3.33. The molecule has 0 spiro atoms. The molecule has 0 amide bonds. The predicted molar refractivity (Wildman–Crippen MR) is 96.8 cm³/mol. The summed E-state index contributed by atoms with van der Waals surface area (Å²) >= 11 is 6.19. The number of aromatic nitrogens is 4. The van der Waals surface area contributed by atoms with E-state index in [0.29, 0.717) is 36.5 Å². The number of morpholine rings is 1. The van der Waals surface area contributed by atoms with E-state index < -0.39 is 0 Å². The summed E-state index contributed by atoms with van der Waals surface area (Å²) in [4.78, 5) is 19.7. The average Bonchev–Trinajstić information content (AvgIpc) is 2.63. The summed E-state index contributed by atoms with van der Waals surface area (Å²) in [6.45, 7) is 2.72. The van der Waals surface area contributed by atoms with Crippen molar-refractivity contribution in [3.63, 3.8) is 0 Å². The van der Waals surface area contributed by atoms with Crippen molar-refractivity contribution in [3.8, 4) is 0 Å². The lowest BCUT2D eigenvalue weighted by molar-refractivity contribution is 0.122. The zero-order valence-electron chi connectivity index (χ0n) is 13.5. The molecule has 1 aliphatic heterocycles. The number of rotatable bonds is 3. The molecule has 2 N–H and O–H groups in total. The standard InChI is InChI=1S/C17H17ClN6O/c18-16-21-13-12(10-11-4-2-1-3-5-11)20-17(19)22-14(13)15(23-16)24-6-8-25-9-7-24/h1-5H,6-10H2,(H2,19,20,22). The number of benzene rings is 1. The Morgan fingerprint density at radius 1 is 1.00 bits per heavy atom. The summed E-state index contributed by atoms with van der Waals surface area (Å²) in [6.07, 6.45) is 0.597. The second kappa shape index (κ2) is 6.78. The lowest BCUT2D eigenvalue weighted by atomic mass is 10.1. The number of ether oxygens (including phenoxy) is 1. The zero-order valence-corrected chi connectivity index (χ0v) is 14.3. The van der Waals surface area contributed by atoms with Crippen LogP contribution in [0.25, 0.3) is 11.0 Å². The molecule has 7 nitrogen and oxygen atoms in total. The molecule has 8 heteroatoms. The number of anilines is 2. The summed E-state index contributed by atoms with van der Waals surface area (Å²) in [7, 11) is 0. The lowest BCUT2D eigenvalue weighted by Gasteiger charge is -2.28. The van der Waals surface area contributed by atoms with Crippen LogP contribution in [0.2, 0.25) is 5.28 Å². The SMILES string of the molecule is Nc1nc(Cc2ccccc2)c2nc(Cl)nc(N3CCOCC3)c2n1. The summed E-state index contributed by atoms with van der Waals surface area (Å²) in [5, 5.41) is 0.177. The van der Waals surface area contributed by atoms with Gasteiger partial charge in [0.1, 0.15) is 11.0 Å². The highest BCUT2D eigenvalue weighted by molar-refractivity contribution is 6.28. The second-order valence-electron chi connectivity index (χ2n) is 5.80. The Bertz CT molecular complexity index is 899. The molecule has 1 aliphatic rings. The average molecular weight is 357 g/mol. The van der Waals surface area contributed by atoms with Crippen LogP contribution in [0.3, 0.4) is 0 Å². The van der Waals surface area contributed by atoms with Crippen LogP contribution in [0.5, 0.6) is 0 Å². The highest BCUT2D eigenvalue weighted by Crippen LogP contribution is 2.27. The first-order valence-electron chi connectivity index (χ1n) is 8.07. The first-order chi connectivity index (χ1) is 12.2. The number of nitrogen functional groups attached to an aromatic ring is 1. The molecule has 3 aromatic rings. The van der Waals surface area contributed by atoms with Gasteiger partial charge in [-0.1, -0.05) is 30.3 Å². The molecule has 4 rings (SSSR count). The van der Waals surface area contributed by atoms with Crippen molar-refractivity contribution >= 4 is 34.4 Å². The van der Waals surface area contributed by atoms with Gasteiger partial charge >= 0.3 is 0 Å². The van der Waals surface area contributed by atoms with E-state index in [2.05, 4.69) is 24.8 Å². The Morgan fingerprint density at radius 2 is 1.76 bits per heavy atom. The first kappa shape index (κ1) is 16.0. The summed E-state index contributed by atoms with van der Waals surface area (Å²) in [5.74, 6) is 0.889. The Kier molecular flexibility index (Phi) is 4.33. The number of halogens is 1. The number of hydrogen-bond acceptors (Lipinski definition) is 7. The number of nitrogens with zero attached hydrogens (tertiary/aromatic N) is 5. The molecule has 0 unspecified atom stereocenters. The lowest BCUT2D eigenvalue weighted by Crippen LogP contribution is -2.37. The topological polar surface area (TPSA) is 90.0 Å². The number of hydrogen-bond donors (Lipinski definition) is 1. The highest BCUT2D eigenvalue weighted by Gasteiger charge is 2.21. The molecule has 0 radical (unpaired) electrons. The van der Waals surface area contributed by atoms with Gasteiger partial charge < -0.3 is 15.4 Å². The molecule has 128 valence electrons. The minimum Gasteiger partial charge on any atom is -0.378 e. The molecule has 0 saturated carbocycles. The maximum Gasteiger partial charge on any atom is 0.225 e. The van der Waals surface area contributed by atoms with E-state index in [1.807, 2.05) is 30.3 Å². The van der Waals surface area contributed by atoms with Crippen molar-refractivity contribution < 1.29 is 4.74 Å². The zero-order chi connectivity index (χ0) is 17.2.